The maximum atomic E-state index is 5.84. The van der Waals surface area contributed by atoms with E-state index in [9.17, 15) is 0 Å². The predicted octanol–water partition coefficient (Wildman–Crippen LogP) is 6.38. The van der Waals surface area contributed by atoms with E-state index in [4.69, 9.17) is 4.74 Å². The number of nitrogens with zero attached hydrogens (tertiary/aromatic N) is 1. The molecule has 1 N–H and O–H groups in total. The molecule has 0 saturated heterocycles. The average Bonchev–Trinajstić information content (AvgIpc) is 2.59. The average molecular weight is 492 g/mol. The lowest BCUT2D eigenvalue weighted by Gasteiger charge is -2.22. The summed E-state index contributed by atoms with van der Waals surface area (Å²) in [7, 11) is 0. The van der Waals surface area contributed by atoms with Crippen LogP contribution in [0.2, 0.25) is 0 Å². The van der Waals surface area contributed by atoms with Crippen LogP contribution in [0.1, 0.15) is 65.4 Å². The molecule has 5 heteroatoms. The molecule has 0 aliphatic carbocycles. The summed E-state index contributed by atoms with van der Waals surface area (Å²) < 4.78 is 7.85. The maximum absolute atomic E-state index is 5.84. The fraction of sp³-hybridized carbons (Fsp3) is 0.714. The summed E-state index contributed by atoms with van der Waals surface area (Å²) >= 11 is 7.25. The molecule has 0 amide bonds. The standard InChI is InChI=1S/C21H36Br2N2O/c1-5-7-11-25(12-8-6-2)13-9-10-24-16-18-14-19(22)21(20(23)15-18)26-17(3)4/h14-15,17,24H,5-13,16H2,1-4H3. The van der Waals surface area contributed by atoms with Gasteiger partial charge in [0.1, 0.15) is 5.75 Å². The van der Waals surface area contributed by atoms with Gasteiger partial charge >= 0.3 is 0 Å². The highest BCUT2D eigenvalue weighted by Gasteiger charge is 2.10. The largest absolute Gasteiger partial charge is 0.489 e. The van der Waals surface area contributed by atoms with Gasteiger partial charge in [-0.15, -0.1) is 0 Å². The minimum atomic E-state index is 0.162. The summed E-state index contributed by atoms with van der Waals surface area (Å²) in [6.45, 7) is 14.2. The zero-order valence-corrected chi connectivity index (χ0v) is 20.1. The first-order valence-electron chi connectivity index (χ1n) is 10.1. The van der Waals surface area contributed by atoms with E-state index in [0.29, 0.717) is 0 Å². The zero-order chi connectivity index (χ0) is 19.4. The monoisotopic (exact) mass is 490 g/mol. The van der Waals surface area contributed by atoms with Gasteiger partial charge < -0.3 is 15.0 Å². The molecule has 1 aromatic rings. The Labute approximate surface area is 177 Å². The maximum Gasteiger partial charge on any atom is 0.148 e. The number of unbranched alkanes of at least 4 members (excludes halogenated alkanes) is 2. The summed E-state index contributed by atoms with van der Waals surface area (Å²) in [5.74, 6) is 0.881. The molecule has 150 valence electrons. The number of benzene rings is 1. The molecule has 3 nitrogen and oxygen atoms in total. The van der Waals surface area contributed by atoms with Crippen LogP contribution in [-0.4, -0.2) is 37.2 Å². The van der Waals surface area contributed by atoms with Crippen LogP contribution < -0.4 is 10.1 Å². The molecule has 1 rings (SSSR count). The van der Waals surface area contributed by atoms with E-state index in [1.54, 1.807) is 0 Å². The van der Waals surface area contributed by atoms with Gasteiger partial charge in [-0.1, -0.05) is 26.7 Å². The second kappa shape index (κ2) is 14.0. The van der Waals surface area contributed by atoms with Crippen molar-refractivity contribution in [2.75, 3.05) is 26.2 Å². The Hall–Kier alpha value is -0.100. The minimum absolute atomic E-state index is 0.162. The molecule has 0 bridgehead atoms. The zero-order valence-electron chi connectivity index (χ0n) is 16.9. The molecule has 26 heavy (non-hydrogen) atoms. The van der Waals surface area contributed by atoms with Crippen molar-refractivity contribution in [1.29, 1.82) is 0 Å². The summed E-state index contributed by atoms with van der Waals surface area (Å²) in [6, 6.07) is 4.29. The van der Waals surface area contributed by atoms with Crippen LogP contribution in [0, 0.1) is 0 Å². The van der Waals surface area contributed by atoms with Crippen molar-refractivity contribution >= 4 is 31.9 Å². The van der Waals surface area contributed by atoms with E-state index in [1.807, 2.05) is 13.8 Å². The van der Waals surface area contributed by atoms with E-state index < -0.39 is 0 Å². The topological polar surface area (TPSA) is 24.5 Å². The molecule has 0 spiro atoms. The Morgan fingerprint density at radius 3 is 2.00 bits per heavy atom. The van der Waals surface area contributed by atoms with Crippen LogP contribution in [-0.2, 0) is 6.54 Å². The van der Waals surface area contributed by atoms with Crippen molar-refractivity contribution in [2.45, 2.75) is 72.4 Å². The Balaban J connectivity index is 2.38. The number of hydrogen-bond donors (Lipinski definition) is 1. The van der Waals surface area contributed by atoms with Crippen molar-refractivity contribution in [3.63, 3.8) is 0 Å². The van der Waals surface area contributed by atoms with Crippen LogP contribution in [0.4, 0.5) is 0 Å². The van der Waals surface area contributed by atoms with Gasteiger partial charge in [-0.2, -0.15) is 0 Å². The predicted molar refractivity (Wildman–Crippen MR) is 120 cm³/mol. The third-order valence-corrected chi connectivity index (χ3v) is 5.40. The normalized spacial score (nSPS) is 11.5. The number of rotatable bonds is 14. The minimum Gasteiger partial charge on any atom is -0.489 e. The number of halogens is 2. The fourth-order valence-corrected chi connectivity index (χ4v) is 4.29. The van der Waals surface area contributed by atoms with E-state index in [1.165, 1.54) is 57.3 Å². The third-order valence-electron chi connectivity index (χ3n) is 4.22. The first-order chi connectivity index (χ1) is 12.5. The molecule has 0 aliphatic heterocycles. The van der Waals surface area contributed by atoms with Crippen LogP contribution >= 0.6 is 31.9 Å². The van der Waals surface area contributed by atoms with Crippen LogP contribution in [0.3, 0.4) is 0 Å². The molecular formula is C21H36Br2N2O. The van der Waals surface area contributed by atoms with E-state index in [0.717, 1.165) is 27.8 Å². The summed E-state index contributed by atoms with van der Waals surface area (Å²) in [5, 5.41) is 3.57. The molecule has 0 saturated carbocycles. The summed E-state index contributed by atoms with van der Waals surface area (Å²) in [4.78, 5) is 2.62. The Kier molecular flexibility index (Phi) is 12.9. The van der Waals surface area contributed by atoms with Crippen LogP contribution in [0.25, 0.3) is 0 Å². The van der Waals surface area contributed by atoms with Crippen molar-refractivity contribution in [3.05, 3.63) is 26.6 Å². The van der Waals surface area contributed by atoms with Crippen molar-refractivity contribution in [2.24, 2.45) is 0 Å². The van der Waals surface area contributed by atoms with Gasteiger partial charge in [-0.05, 0) is 109 Å². The number of nitrogens with one attached hydrogen (secondary N) is 1. The molecule has 0 fully saturated rings. The molecule has 0 atom stereocenters. The molecule has 0 radical (unpaired) electrons. The van der Waals surface area contributed by atoms with Crippen molar-refractivity contribution < 1.29 is 4.74 Å². The van der Waals surface area contributed by atoms with Gasteiger partial charge in [0, 0.05) is 6.54 Å². The lowest BCUT2D eigenvalue weighted by atomic mass is 10.2. The highest BCUT2D eigenvalue weighted by atomic mass is 79.9. The number of ether oxygens (including phenoxy) is 1. The molecule has 0 aliphatic rings. The second-order valence-corrected chi connectivity index (χ2v) is 8.84. The van der Waals surface area contributed by atoms with E-state index >= 15 is 0 Å². The third kappa shape index (κ3) is 9.72. The Bertz CT molecular complexity index is 478. The molecule has 0 heterocycles. The van der Waals surface area contributed by atoms with Crippen molar-refractivity contribution in [3.8, 4) is 5.75 Å². The molecular weight excluding hydrogens is 456 g/mol. The molecule has 0 unspecified atom stereocenters. The van der Waals surface area contributed by atoms with Crippen LogP contribution in [0.5, 0.6) is 5.75 Å². The lowest BCUT2D eigenvalue weighted by Crippen LogP contribution is -2.29. The van der Waals surface area contributed by atoms with Gasteiger partial charge in [0.05, 0.1) is 15.0 Å². The molecule has 0 aromatic heterocycles. The summed E-state index contributed by atoms with van der Waals surface area (Å²) in [6.07, 6.45) is 6.54. The highest BCUT2D eigenvalue weighted by Crippen LogP contribution is 2.35. The molecule has 1 aromatic carbocycles. The van der Waals surface area contributed by atoms with E-state index in [-0.39, 0.29) is 6.10 Å². The quantitative estimate of drug-likeness (QED) is 0.305. The van der Waals surface area contributed by atoms with Gasteiger partial charge in [-0.3, -0.25) is 0 Å². The van der Waals surface area contributed by atoms with Crippen molar-refractivity contribution in [1.82, 2.24) is 10.2 Å². The second-order valence-electron chi connectivity index (χ2n) is 7.13. The first kappa shape index (κ1) is 23.9. The Morgan fingerprint density at radius 2 is 1.50 bits per heavy atom. The van der Waals surface area contributed by atoms with E-state index in [2.05, 4.69) is 68.1 Å². The van der Waals surface area contributed by atoms with Gasteiger partial charge in [-0.25, -0.2) is 0 Å². The fourth-order valence-electron chi connectivity index (χ4n) is 2.82. The van der Waals surface area contributed by atoms with Crippen LogP contribution in [0.15, 0.2) is 21.1 Å². The van der Waals surface area contributed by atoms with Gasteiger partial charge in [0.15, 0.2) is 0 Å². The first-order valence-corrected chi connectivity index (χ1v) is 11.6. The smallest absolute Gasteiger partial charge is 0.148 e. The highest BCUT2D eigenvalue weighted by molar-refractivity contribution is 9.11. The van der Waals surface area contributed by atoms with Gasteiger partial charge in [0.25, 0.3) is 0 Å². The number of hydrogen-bond acceptors (Lipinski definition) is 3. The lowest BCUT2D eigenvalue weighted by molar-refractivity contribution is 0.239. The Morgan fingerprint density at radius 1 is 0.962 bits per heavy atom. The summed E-state index contributed by atoms with van der Waals surface area (Å²) in [5.41, 5.74) is 1.26. The van der Waals surface area contributed by atoms with Gasteiger partial charge in [0.2, 0.25) is 0 Å². The SMILES string of the molecule is CCCCN(CCCC)CCCNCc1cc(Br)c(OC(C)C)c(Br)c1.